The van der Waals surface area contributed by atoms with Gasteiger partial charge in [-0.2, -0.15) is 4.65 Å². The van der Waals surface area contributed by atoms with Crippen molar-refractivity contribution in [3.63, 3.8) is 0 Å². The molecule has 2 N–H and O–H groups in total. The number of likely N-dealkylation sites (tertiary alicyclic amines) is 1. The number of rotatable bonds is 0. The number of likely N-dealkylation sites (N-methyl/N-ethyl adjacent to an activating group) is 1. The lowest BCUT2D eigenvalue weighted by molar-refractivity contribution is -1.08. The maximum atomic E-state index is 9.14. The summed E-state index contributed by atoms with van der Waals surface area (Å²) in [6, 6.07) is 0. The Labute approximate surface area is 48.7 Å². The van der Waals surface area contributed by atoms with E-state index in [0.717, 1.165) is 6.42 Å². The summed E-state index contributed by atoms with van der Waals surface area (Å²) in [6.07, 6.45) is 0.442. The van der Waals surface area contributed by atoms with E-state index in [2.05, 4.69) is 0 Å². The molecule has 1 rings (SSSR count). The summed E-state index contributed by atoms with van der Waals surface area (Å²) >= 11 is 0. The zero-order chi connectivity index (χ0) is 6.20. The van der Waals surface area contributed by atoms with Crippen LogP contribution >= 0.6 is 0 Å². The maximum Gasteiger partial charge on any atom is 0.135 e. The summed E-state index contributed by atoms with van der Waals surface area (Å²) in [4.78, 5) is 0. The maximum absolute atomic E-state index is 9.14. The van der Waals surface area contributed by atoms with Crippen molar-refractivity contribution in [1.82, 2.24) is 0 Å². The Bertz CT molecular complexity index is 92.4. The molecular formula is C5H12NO2+. The molecule has 0 aromatic rings. The number of hydrogen-bond acceptors (Lipinski definition) is 2. The van der Waals surface area contributed by atoms with Crippen molar-refractivity contribution in [3.8, 4) is 0 Å². The molecule has 0 bridgehead atoms. The highest BCUT2D eigenvalue weighted by Crippen LogP contribution is 2.12. The lowest BCUT2D eigenvalue weighted by atomic mass is 10.3. The summed E-state index contributed by atoms with van der Waals surface area (Å²) in [6.45, 7) is 1.17. The van der Waals surface area contributed by atoms with Crippen LogP contribution in [-0.2, 0) is 0 Å². The number of aliphatic hydroxyl groups is 1. The van der Waals surface area contributed by atoms with Crippen molar-refractivity contribution in [3.05, 3.63) is 0 Å². The summed E-state index contributed by atoms with van der Waals surface area (Å²) in [5.41, 5.74) is 0. The van der Waals surface area contributed by atoms with Crippen LogP contribution in [0.2, 0.25) is 0 Å². The first-order valence-electron chi connectivity index (χ1n) is 2.85. The minimum atomic E-state index is -0.287. The zero-order valence-electron chi connectivity index (χ0n) is 5.04. The largest absolute Gasteiger partial charge is 0.387 e. The van der Waals surface area contributed by atoms with Gasteiger partial charge in [-0.15, -0.1) is 0 Å². The van der Waals surface area contributed by atoms with E-state index in [1.54, 1.807) is 7.05 Å². The Morgan fingerprint density at radius 3 is 2.38 bits per heavy atom. The molecule has 0 aromatic carbocycles. The third-order valence-electron chi connectivity index (χ3n) is 1.55. The molecule has 0 aromatic heterocycles. The van der Waals surface area contributed by atoms with Gasteiger partial charge in [0.05, 0.1) is 7.05 Å². The minimum Gasteiger partial charge on any atom is -0.387 e. The fraction of sp³-hybridized carbons (Fsp3) is 1.00. The molecule has 0 amide bonds. The lowest BCUT2D eigenvalue weighted by Gasteiger charge is -2.17. The van der Waals surface area contributed by atoms with Crippen molar-refractivity contribution in [2.45, 2.75) is 12.5 Å². The van der Waals surface area contributed by atoms with Crippen LogP contribution in [0, 0.1) is 0 Å². The normalized spacial score (nSPS) is 47.6. The van der Waals surface area contributed by atoms with Crippen molar-refractivity contribution in [2.24, 2.45) is 0 Å². The van der Waals surface area contributed by atoms with E-state index >= 15 is 0 Å². The average Bonchev–Trinajstić information content (AvgIpc) is 1.82. The van der Waals surface area contributed by atoms with Crippen LogP contribution in [0.15, 0.2) is 0 Å². The van der Waals surface area contributed by atoms with Crippen LogP contribution in [0.1, 0.15) is 6.42 Å². The minimum absolute atomic E-state index is 0.0127. The molecule has 0 spiro atoms. The number of nitrogens with zero attached hydrogens (tertiary/aromatic N) is 1. The summed E-state index contributed by atoms with van der Waals surface area (Å²) < 4.78 is -0.0127. The molecule has 0 radical (unpaired) electrons. The Kier molecular flexibility index (Phi) is 1.27. The summed E-state index contributed by atoms with van der Waals surface area (Å²) in [7, 11) is 1.70. The monoisotopic (exact) mass is 118 g/mol. The van der Waals surface area contributed by atoms with Crippen LogP contribution < -0.4 is 0 Å². The average molecular weight is 118 g/mol. The molecule has 1 heterocycles. The van der Waals surface area contributed by atoms with Gasteiger partial charge < -0.3 is 5.11 Å². The predicted molar refractivity (Wildman–Crippen MR) is 28.3 cm³/mol. The van der Waals surface area contributed by atoms with E-state index in [9.17, 15) is 0 Å². The Morgan fingerprint density at radius 1 is 1.62 bits per heavy atom. The Hall–Kier alpha value is -0.120. The third kappa shape index (κ3) is 1.18. The highest BCUT2D eigenvalue weighted by Gasteiger charge is 2.31. The molecule has 1 unspecified atom stereocenters. The molecule has 1 aliphatic rings. The van der Waals surface area contributed by atoms with E-state index in [-0.39, 0.29) is 10.8 Å². The fourth-order valence-corrected chi connectivity index (χ4v) is 1.06. The second-order valence-corrected chi connectivity index (χ2v) is 2.69. The number of hydrogen-bond donors (Lipinski definition) is 2. The molecular weight excluding hydrogens is 106 g/mol. The van der Waals surface area contributed by atoms with Crippen molar-refractivity contribution >= 4 is 0 Å². The molecule has 8 heavy (non-hydrogen) atoms. The fourth-order valence-electron chi connectivity index (χ4n) is 1.06. The SMILES string of the molecule is C[N+]1(O)CC[C@H](O)C1. The first kappa shape index (κ1) is 6.01. The van der Waals surface area contributed by atoms with Crippen molar-refractivity contribution in [1.29, 1.82) is 0 Å². The quantitative estimate of drug-likeness (QED) is 0.424. The lowest BCUT2D eigenvalue weighted by Crippen LogP contribution is -2.38. The topological polar surface area (TPSA) is 40.5 Å². The van der Waals surface area contributed by atoms with Crippen LogP contribution in [0.25, 0.3) is 0 Å². The molecule has 0 aliphatic carbocycles. The van der Waals surface area contributed by atoms with Gasteiger partial charge in [-0.1, -0.05) is 0 Å². The second kappa shape index (κ2) is 1.69. The standard InChI is InChI=1S/C5H12NO2/c1-6(8)3-2-5(7)4-6/h5,7-8H,2-4H2,1H3/q+1/t5-,6?/m0/s1. The van der Waals surface area contributed by atoms with Gasteiger partial charge >= 0.3 is 0 Å². The van der Waals surface area contributed by atoms with Crippen LogP contribution in [0.5, 0.6) is 0 Å². The van der Waals surface area contributed by atoms with Gasteiger partial charge in [-0.05, 0) is 0 Å². The highest BCUT2D eigenvalue weighted by atomic mass is 16.5. The Balaban J connectivity index is 2.44. The van der Waals surface area contributed by atoms with Gasteiger partial charge in [0.2, 0.25) is 0 Å². The van der Waals surface area contributed by atoms with Crippen LogP contribution in [0.4, 0.5) is 0 Å². The Morgan fingerprint density at radius 2 is 2.25 bits per heavy atom. The third-order valence-corrected chi connectivity index (χ3v) is 1.55. The van der Waals surface area contributed by atoms with Crippen molar-refractivity contribution in [2.75, 3.05) is 20.1 Å². The smallest absolute Gasteiger partial charge is 0.135 e. The second-order valence-electron chi connectivity index (χ2n) is 2.69. The van der Waals surface area contributed by atoms with Crippen molar-refractivity contribution < 1.29 is 15.0 Å². The van der Waals surface area contributed by atoms with Gasteiger partial charge in [0.25, 0.3) is 0 Å². The first-order valence-corrected chi connectivity index (χ1v) is 2.85. The predicted octanol–water partition coefficient (Wildman–Crippen LogP) is -0.413. The van der Waals surface area contributed by atoms with E-state index in [1.807, 2.05) is 0 Å². The molecule has 1 aliphatic heterocycles. The number of hydroxylamine groups is 3. The van der Waals surface area contributed by atoms with Gasteiger partial charge in [0, 0.05) is 6.42 Å². The van der Waals surface area contributed by atoms with Gasteiger partial charge in [-0.3, -0.25) is 0 Å². The van der Waals surface area contributed by atoms with Crippen LogP contribution in [-0.4, -0.2) is 41.2 Å². The van der Waals surface area contributed by atoms with Gasteiger partial charge in [0.15, 0.2) is 0 Å². The van der Waals surface area contributed by atoms with E-state index in [0.29, 0.717) is 13.1 Å². The summed E-state index contributed by atoms with van der Waals surface area (Å²) in [5, 5.41) is 18.0. The van der Waals surface area contributed by atoms with Gasteiger partial charge in [-0.25, -0.2) is 5.21 Å². The molecule has 3 nitrogen and oxygen atoms in total. The first-order chi connectivity index (χ1) is 3.60. The number of aliphatic hydroxyl groups excluding tert-OH is 1. The molecule has 1 fully saturated rings. The van der Waals surface area contributed by atoms with E-state index in [1.165, 1.54) is 0 Å². The summed E-state index contributed by atoms with van der Waals surface area (Å²) in [5.74, 6) is 0. The zero-order valence-corrected chi connectivity index (χ0v) is 5.04. The van der Waals surface area contributed by atoms with Gasteiger partial charge in [0.1, 0.15) is 19.2 Å². The molecule has 3 heteroatoms. The number of quaternary nitrogens is 1. The molecule has 2 atom stereocenters. The van der Waals surface area contributed by atoms with E-state index < -0.39 is 0 Å². The highest BCUT2D eigenvalue weighted by molar-refractivity contribution is 4.58. The van der Waals surface area contributed by atoms with E-state index in [4.69, 9.17) is 10.3 Å². The van der Waals surface area contributed by atoms with Crippen LogP contribution in [0.3, 0.4) is 0 Å². The molecule has 1 saturated heterocycles. The molecule has 48 valence electrons. The molecule has 0 saturated carbocycles.